The number of fused-ring (bicyclic) bond motifs is 4. The Morgan fingerprint density at radius 3 is 2.64 bits per heavy atom. The number of sulfonamides is 1. The van der Waals surface area contributed by atoms with Gasteiger partial charge in [0.25, 0.3) is 5.69 Å². The van der Waals surface area contributed by atoms with Gasteiger partial charge in [-0.3, -0.25) is 14.9 Å². The molecule has 1 spiro atoms. The summed E-state index contributed by atoms with van der Waals surface area (Å²) in [6, 6.07) is 12.4. The van der Waals surface area contributed by atoms with E-state index in [4.69, 9.17) is 4.74 Å². The van der Waals surface area contributed by atoms with E-state index in [-0.39, 0.29) is 34.8 Å². The number of nitro groups is 1. The second-order valence-electron chi connectivity index (χ2n) is 9.28. The minimum absolute atomic E-state index is 0.0228. The lowest BCUT2D eigenvalue weighted by molar-refractivity contribution is -0.384. The fraction of sp³-hybridized carbons (Fsp3) is 0.375. The molecule has 2 saturated heterocycles. The number of Topliss-reactive ketones (excluding diaryl/α,β-unsaturated/α-hetero) is 1. The minimum atomic E-state index is -4.03. The summed E-state index contributed by atoms with van der Waals surface area (Å²) in [5.74, 6) is 0.00154. The van der Waals surface area contributed by atoms with Gasteiger partial charge in [-0.05, 0) is 48.4 Å². The Kier molecular flexibility index (Phi) is 4.43. The molecule has 2 fully saturated rings. The van der Waals surface area contributed by atoms with Crippen LogP contribution in [0.5, 0.6) is 0 Å². The van der Waals surface area contributed by atoms with E-state index in [2.05, 4.69) is 6.07 Å². The third-order valence-corrected chi connectivity index (χ3v) is 9.52. The molecule has 0 saturated carbocycles. The van der Waals surface area contributed by atoms with Gasteiger partial charge in [0.05, 0.1) is 27.5 Å². The Morgan fingerprint density at radius 1 is 1.12 bits per heavy atom. The molecule has 4 aliphatic rings. The maximum Gasteiger partial charge on any atom is 0.269 e. The van der Waals surface area contributed by atoms with Crippen molar-refractivity contribution in [1.29, 1.82) is 0 Å². The van der Waals surface area contributed by atoms with Crippen LogP contribution < -0.4 is 0 Å². The molecule has 2 bridgehead atoms. The maximum absolute atomic E-state index is 13.8. The Labute approximate surface area is 191 Å². The predicted molar refractivity (Wildman–Crippen MR) is 118 cm³/mol. The lowest BCUT2D eigenvalue weighted by Gasteiger charge is -2.54. The van der Waals surface area contributed by atoms with E-state index >= 15 is 0 Å². The number of piperidine rings is 1. The van der Waals surface area contributed by atoms with Gasteiger partial charge in [0.1, 0.15) is 6.10 Å². The molecule has 2 aromatic carbocycles. The van der Waals surface area contributed by atoms with Gasteiger partial charge in [-0.25, -0.2) is 8.42 Å². The van der Waals surface area contributed by atoms with Gasteiger partial charge in [-0.2, -0.15) is 4.31 Å². The van der Waals surface area contributed by atoms with Crippen LogP contribution in [-0.4, -0.2) is 41.1 Å². The third kappa shape index (κ3) is 2.89. The summed E-state index contributed by atoms with van der Waals surface area (Å²) in [6.45, 7) is 0. The first-order chi connectivity index (χ1) is 15.8. The van der Waals surface area contributed by atoms with Gasteiger partial charge in [-0.15, -0.1) is 0 Å². The van der Waals surface area contributed by atoms with Crippen LogP contribution in [0.3, 0.4) is 0 Å². The number of carbonyl (C=O) groups excluding carboxylic acids is 1. The zero-order valence-electron chi connectivity index (χ0n) is 17.7. The van der Waals surface area contributed by atoms with Crippen molar-refractivity contribution in [3.05, 3.63) is 81.9 Å². The van der Waals surface area contributed by atoms with Crippen LogP contribution in [0.1, 0.15) is 36.5 Å². The van der Waals surface area contributed by atoms with Crippen LogP contribution in [0.4, 0.5) is 5.69 Å². The van der Waals surface area contributed by atoms with Gasteiger partial charge in [0.15, 0.2) is 5.78 Å². The van der Waals surface area contributed by atoms with E-state index in [1.54, 1.807) is 6.08 Å². The third-order valence-electron chi connectivity index (χ3n) is 7.53. The van der Waals surface area contributed by atoms with Crippen molar-refractivity contribution in [3.63, 3.8) is 0 Å². The van der Waals surface area contributed by atoms with E-state index < -0.39 is 32.6 Å². The van der Waals surface area contributed by atoms with Crippen molar-refractivity contribution >= 4 is 21.5 Å². The van der Waals surface area contributed by atoms with E-state index in [1.807, 2.05) is 24.3 Å². The molecule has 6 rings (SSSR count). The van der Waals surface area contributed by atoms with Gasteiger partial charge < -0.3 is 4.74 Å². The van der Waals surface area contributed by atoms with Crippen molar-refractivity contribution in [2.75, 3.05) is 0 Å². The lowest BCUT2D eigenvalue weighted by Crippen LogP contribution is -2.68. The average molecular weight is 467 g/mol. The molecule has 2 aromatic rings. The predicted octanol–water partition coefficient (Wildman–Crippen LogP) is 3.33. The van der Waals surface area contributed by atoms with Crippen molar-refractivity contribution in [2.24, 2.45) is 5.92 Å². The molecule has 33 heavy (non-hydrogen) atoms. The van der Waals surface area contributed by atoms with Crippen molar-refractivity contribution in [2.45, 2.75) is 54.4 Å². The Balaban J connectivity index is 1.41. The van der Waals surface area contributed by atoms with Crippen LogP contribution in [0.15, 0.2) is 65.6 Å². The molecule has 3 heterocycles. The van der Waals surface area contributed by atoms with Crippen LogP contribution in [0.2, 0.25) is 0 Å². The van der Waals surface area contributed by atoms with E-state index in [0.29, 0.717) is 6.42 Å². The molecule has 0 unspecified atom stereocenters. The highest BCUT2D eigenvalue weighted by molar-refractivity contribution is 7.89. The monoisotopic (exact) mass is 466 g/mol. The first-order valence-electron chi connectivity index (χ1n) is 11.1. The Morgan fingerprint density at radius 2 is 1.88 bits per heavy atom. The number of non-ortho nitro benzene ring substituents is 1. The van der Waals surface area contributed by atoms with E-state index in [0.717, 1.165) is 18.4 Å². The molecule has 5 atom stereocenters. The number of nitro benzene ring substituents is 1. The van der Waals surface area contributed by atoms with E-state index in [1.165, 1.54) is 34.1 Å². The standard InChI is InChI=1S/C24H22N2O6S/c27-21-13-18-11-12-24(25(18)33(30,31)19-9-7-17(8-10-19)26(28)29)14-16-6-5-15-3-1-2-4-20(15)22(16)32-23(21)24/h1-4,7-12,16,18,22-23H,5-6,13-14H2/t16-,18+,22-,23-,24+/m0/s1. The molecule has 0 amide bonds. The molecule has 0 aromatic heterocycles. The quantitative estimate of drug-likeness (QED) is 0.390. The molecule has 1 aliphatic carbocycles. The van der Waals surface area contributed by atoms with Gasteiger partial charge >= 0.3 is 0 Å². The number of carbonyl (C=O) groups is 1. The lowest BCUT2D eigenvalue weighted by atomic mass is 9.69. The number of aryl methyl sites for hydroxylation is 1. The largest absolute Gasteiger partial charge is 0.360 e. The second-order valence-corrected chi connectivity index (χ2v) is 11.1. The highest BCUT2D eigenvalue weighted by Gasteiger charge is 2.64. The summed E-state index contributed by atoms with van der Waals surface area (Å²) >= 11 is 0. The molecular formula is C24H22N2O6S. The van der Waals surface area contributed by atoms with Crippen LogP contribution >= 0.6 is 0 Å². The SMILES string of the molecule is O=C1C[C@H]2C=C[C@]3(C[C@@H]4CCc5ccccc5[C@H]4O[C@@H]13)N2S(=O)(=O)c1ccc([N+](=O)[O-])cc1. The van der Waals surface area contributed by atoms with Crippen molar-refractivity contribution < 1.29 is 22.9 Å². The number of hydrogen-bond donors (Lipinski definition) is 0. The Hall–Kier alpha value is -2.88. The summed E-state index contributed by atoms with van der Waals surface area (Å²) in [5, 5.41) is 11.0. The zero-order valence-corrected chi connectivity index (χ0v) is 18.5. The zero-order chi connectivity index (χ0) is 23.0. The number of ether oxygens (including phenoxy) is 1. The van der Waals surface area contributed by atoms with Crippen LogP contribution in [0.25, 0.3) is 0 Å². The van der Waals surface area contributed by atoms with E-state index in [9.17, 15) is 23.3 Å². The molecule has 0 N–H and O–H groups in total. The first kappa shape index (κ1) is 20.7. The molecule has 170 valence electrons. The van der Waals surface area contributed by atoms with Gasteiger partial charge in [0, 0.05) is 18.6 Å². The number of hydrogen-bond acceptors (Lipinski definition) is 6. The highest BCUT2D eigenvalue weighted by Crippen LogP contribution is 2.55. The second kappa shape index (κ2) is 7.06. The maximum atomic E-state index is 13.8. The smallest absolute Gasteiger partial charge is 0.269 e. The summed E-state index contributed by atoms with van der Waals surface area (Å²) in [7, 11) is -4.03. The topological polar surface area (TPSA) is 107 Å². The summed E-state index contributed by atoms with van der Waals surface area (Å²) in [5.41, 5.74) is 1.05. The summed E-state index contributed by atoms with van der Waals surface area (Å²) in [6.07, 6.45) is 4.84. The average Bonchev–Trinajstić information content (AvgIpc) is 3.09. The molecule has 8 nitrogen and oxygen atoms in total. The van der Waals surface area contributed by atoms with Crippen molar-refractivity contribution in [1.82, 2.24) is 4.31 Å². The molecule has 0 radical (unpaired) electrons. The number of rotatable bonds is 3. The van der Waals surface area contributed by atoms with Gasteiger partial charge in [0.2, 0.25) is 10.0 Å². The summed E-state index contributed by atoms with van der Waals surface area (Å²) < 4.78 is 35.5. The molecular weight excluding hydrogens is 444 g/mol. The Bertz CT molecular complexity index is 1300. The highest BCUT2D eigenvalue weighted by atomic mass is 32.2. The number of nitrogens with zero attached hydrogens (tertiary/aromatic N) is 2. The molecule has 3 aliphatic heterocycles. The normalized spacial score (nSPS) is 32.7. The first-order valence-corrected chi connectivity index (χ1v) is 12.5. The minimum Gasteiger partial charge on any atom is -0.360 e. The number of ketones is 1. The van der Waals surface area contributed by atoms with Gasteiger partial charge in [-0.1, -0.05) is 36.4 Å². The van der Waals surface area contributed by atoms with Crippen molar-refractivity contribution in [3.8, 4) is 0 Å². The fourth-order valence-electron chi connectivity index (χ4n) is 6.14. The number of benzene rings is 2. The molecule has 9 heteroatoms. The fourth-order valence-corrected chi connectivity index (χ4v) is 8.03. The summed E-state index contributed by atoms with van der Waals surface area (Å²) in [4.78, 5) is 23.6. The van der Waals surface area contributed by atoms with Crippen LogP contribution in [0, 0.1) is 16.0 Å². The van der Waals surface area contributed by atoms with Crippen LogP contribution in [-0.2, 0) is 26.0 Å².